The molecule has 0 aliphatic carbocycles. The summed E-state index contributed by atoms with van der Waals surface area (Å²) in [5.74, 6) is 0. The van der Waals surface area contributed by atoms with Crippen LogP contribution in [-0.2, 0) is 20.0 Å². The fourth-order valence-electron chi connectivity index (χ4n) is 2.67. The molecule has 2 aromatic rings. The smallest absolute Gasteiger partial charge is 0.207 e. The van der Waals surface area contributed by atoms with Crippen molar-refractivity contribution in [1.29, 1.82) is 0 Å². The quantitative estimate of drug-likeness (QED) is 0.787. The number of hydrogen-bond donors (Lipinski definition) is 0. The Kier molecular flexibility index (Phi) is 5.17. The molecule has 9 heteroatoms. The van der Waals surface area contributed by atoms with Gasteiger partial charge in [0.05, 0.1) is 9.79 Å². The Bertz CT molecular complexity index is 955. The molecule has 25 heavy (non-hydrogen) atoms. The highest BCUT2D eigenvalue weighted by atomic mass is 35.5. The van der Waals surface area contributed by atoms with Crippen LogP contribution in [0.3, 0.4) is 0 Å². The van der Waals surface area contributed by atoms with Gasteiger partial charge in [0.1, 0.15) is 0 Å². The van der Waals surface area contributed by atoms with Crippen molar-refractivity contribution in [3.63, 3.8) is 0 Å². The first-order valence-corrected chi connectivity index (χ1v) is 10.9. The topological polar surface area (TPSA) is 74.8 Å². The van der Waals surface area contributed by atoms with E-state index in [0.29, 0.717) is 5.02 Å². The van der Waals surface area contributed by atoms with E-state index in [0.717, 1.165) is 0 Å². The van der Waals surface area contributed by atoms with E-state index in [1.54, 1.807) is 30.3 Å². The highest BCUT2D eigenvalue weighted by molar-refractivity contribution is 7.89. The molecule has 0 bridgehead atoms. The number of rotatable bonds is 4. The van der Waals surface area contributed by atoms with E-state index in [9.17, 15) is 16.8 Å². The second-order valence-corrected chi connectivity index (χ2v) is 9.89. The van der Waals surface area contributed by atoms with E-state index >= 15 is 0 Å². The maximum Gasteiger partial charge on any atom is 0.243 e. The highest BCUT2D eigenvalue weighted by Crippen LogP contribution is 2.23. The molecule has 0 atom stereocenters. The van der Waals surface area contributed by atoms with Gasteiger partial charge in [0.15, 0.2) is 0 Å². The third-order valence-corrected chi connectivity index (χ3v) is 8.06. The third kappa shape index (κ3) is 3.73. The second-order valence-electron chi connectivity index (χ2n) is 5.58. The molecule has 3 rings (SSSR count). The van der Waals surface area contributed by atoms with Crippen molar-refractivity contribution in [3.05, 3.63) is 59.6 Å². The molecule has 0 aromatic heterocycles. The van der Waals surface area contributed by atoms with Crippen LogP contribution in [0.15, 0.2) is 64.4 Å². The van der Waals surface area contributed by atoms with Crippen LogP contribution in [0.2, 0.25) is 5.02 Å². The predicted molar refractivity (Wildman–Crippen MR) is 95.4 cm³/mol. The summed E-state index contributed by atoms with van der Waals surface area (Å²) in [5, 5.41) is 0.339. The fraction of sp³-hybridized carbons (Fsp3) is 0.250. The summed E-state index contributed by atoms with van der Waals surface area (Å²) in [6.07, 6.45) is 0. The minimum atomic E-state index is -3.69. The molecule has 1 saturated heterocycles. The number of halogens is 1. The number of benzene rings is 2. The average Bonchev–Trinajstić information content (AvgIpc) is 2.62. The molecule has 0 amide bonds. The summed E-state index contributed by atoms with van der Waals surface area (Å²) in [6.45, 7) is 0.413. The molecular formula is C16H17ClN2O4S2. The molecule has 0 spiro atoms. The van der Waals surface area contributed by atoms with Crippen LogP contribution in [0.25, 0.3) is 0 Å². The van der Waals surface area contributed by atoms with Gasteiger partial charge in [-0.15, -0.1) is 0 Å². The Morgan fingerprint density at radius 3 is 1.68 bits per heavy atom. The second kappa shape index (κ2) is 7.05. The summed E-state index contributed by atoms with van der Waals surface area (Å²) < 4.78 is 53.1. The van der Waals surface area contributed by atoms with Crippen LogP contribution >= 0.6 is 11.6 Å². The van der Waals surface area contributed by atoms with Crippen LogP contribution in [0.5, 0.6) is 0 Å². The molecule has 2 aromatic carbocycles. The van der Waals surface area contributed by atoms with Gasteiger partial charge in [0, 0.05) is 31.2 Å². The largest absolute Gasteiger partial charge is 0.243 e. The van der Waals surface area contributed by atoms with E-state index in [2.05, 4.69) is 0 Å². The first-order chi connectivity index (χ1) is 11.8. The molecule has 0 radical (unpaired) electrons. The Labute approximate surface area is 152 Å². The third-order valence-electron chi connectivity index (χ3n) is 4.01. The fourth-order valence-corrected chi connectivity index (χ4v) is 5.84. The average molecular weight is 401 g/mol. The van der Waals surface area contributed by atoms with Crippen molar-refractivity contribution >= 4 is 31.6 Å². The first kappa shape index (κ1) is 18.3. The van der Waals surface area contributed by atoms with Gasteiger partial charge in [-0.05, 0) is 30.3 Å². The molecule has 134 valence electrons. The van der Waals surface area contributed by atoms with Crippen molar-refractivity contribution in [2.45, 2.75) is 9.79 Å². The monoisotopic (exact) mass is 400 g/mol. The first-order valence-electron chi connectivity index (χ1n) is 7.63. The number of nitrogens with zero attached hydrogens (tertiary/aromatic N) is 2. The molecule has 0 N–H and O–H groups in total. The van der Waals surface area contributed by atoms with E-state index < -0.39 is 20.0 Å². The van der Waals surface area contributed by atoms with Crippen molar-refractivity contribution in [3.8, 4) is 0 Å². The summed E-state index contributed by atoms with van der Waals surface area (Å²) in [5.41, 5.74) is 0. The predicted octanol–water partition coefficient (Wildman–Crippen LogP) is 2.04. The lowest BCUT2D eigenvalue weighted by Gasteiger charge is -2.33. The Balaban J connectivity index is 1.76. The molecule has 0 unspecified atom stereocenters. The molecular weight excluding hydrogens is 384 g/mol. The normalized spacial score (nSPS) is 17.5. The lowest BCUT2D eigenvalue weighted by atomic mass is 10.4. The van der Waals surface area contributed by atoms with Crippen molar-refractivity contribution in [2.24, 2.45) is 0 Å². The summed E-state index contributed by atoms with van der Waals surface area (Å²) >= 11 is 5.87. The lowest BCUT2D eigenvalue weighted by Crippen LogP contribution is -2.50. The Morgan fingerprint density at radius 2 is 1.16 bits per heavy atom. The van der Waals surface area contributed by atoms with Crippen LogP contribution in [0.1, 0.15) is 0 Å². The van der Waals surface area contributed by atoms with Gasteiger partial charge in [-0.3, -0.25) is 0 Å². The molecule has 0 saturated carbocycles. The van der Waals surface area contributed by atoms with Crippen molar-refractivity contribution in [2.75, 3.05) is 26.2 Å². The highest BCUT2D eigenvalue weighted by Gasteiger charge is 2.33. The number of hydrogen-bond acceptors (Lipinski definition) is 4. The maximum atomic E-state index is 12.7. The van der Waals surface area contributed by atoms with E-state index in [1.165, 1.54) is 32.9 Å². The SMILES string of the molecule is O=S(=O)(c1ccccc1)N1CCN(S(=O)(=O)c2cccc(Cl)c2)CC1. The van der Waals surface area contributed by atoms with Gasteiger partial charge in [-0.1, -0.05) is 35.9 Å². The van der Waals surface area contributed by atoms with Gasteiger partial charge in [0.2, 0.25) is 20.0 Å². The summed E-state index contributed by atoms with van der Waals surface area (Å²) in [6, 6.07) is 14.2. The molecule has 6 nitrogen and oxygen atoms in total. The van der Waals surface area contributed by atoms with E-state index in [4.69, 9.17) is 11.6 Å². The van der Waals surface area contributed by atoms with Gasteiger partial charge < -0.3 is 0 Å². The Hall–Kier alpha value is -1.45. The van der Waals surface area contributed by atoms with Crippen LogP contribution in [-0.4, -0.2) is 51.6 Å². The zero-order valence-corrected chi connectivity index (χ0v) is 15.6. The molecule has 1 fully saturated rings. The van der Waals surface area contributed by atoms with Gasteiger partial charge in [0.25, 0.3) is 0 Å². The van der Waals surface area contributed by atoms with Crippen molar-refractivity contribution < 1.29 is 16.8 Å². The van der Waals surface area contributed by atoms with Gasteiger partial charge >= 0.3 is 0 Å². The van der Waals surface area contributed by atoms with Gasteiger partial charge in [-0.2, -0.15) is 8.61 Å². The maximum absolute atomic E-state index is 12.7. The number of piperazine rings is 1. The minimum absolute atomic E-state index is 0.0981. The zero-order valence-electron chi connectivity index (χ0n) is 13.2. The molecule has 1 heterocycles. The standard InChI is InChI=1S/C16H17ClN2O4S2/c17-14-5-4-8-16(13-14)25(22,23)19-11-9-18(10-12-19)24(20,21)15-6-2-1-3-7-15/h1-8,13H,9-12H2. The summed E-state index contributed by atoms with van der Waals surface area (Å²) in [4.78, 5) is 0.320. The zero-order chi connectivity index (χ0) is 18.1. The lowest BCUT2D eigenvalue weighted by molar-refractivity contribution is 0.273. The summed E-state index contributed by atoms with van der Waals surface area (Å²) in [7, 11) is -7.30. The molecule has 1 aliphatic heterocycles. The Morgan fingerprint density at radius 1 is 0.680 bits per heavy atom. The van der Waals surface area contributed by atoms with Crippen molar-refractivity contribution in [1.82, 2.24) is 8.61 Å². The van der Waals surface area contributed by atoms with Gasteiger partial charge in [-0.25, -0.2) is 16.8 Å². The van der Waals surface area contributed by atoms with E-state index in [1.807, 2.05) is 0 Å². The number of sulfonamides is 2. The van der Waals surface area contributed by atoms with Crippen LogP contribution in [0, 0.1) is 0 Å². The minimum Gasteiger partial charge on any atom is -0.207 e. The van der Waals surface area contributed by atoms with Crippen LogP contribution < -0.4 is 0 Å². The molecule has 1 aliphatic rings. The van der Waals surface area contributed by atoms with Crippen LogP contribution in [0.4, 0.5) is 0 Å². The van der Waals surface area contributed by atoms with E-state index in [-0.39, 0.29) is 36.0 Å².